The van der Waals surface area contributed by atoms with Gasteiger partial charge in [-0.25, -0.2) is 4.39 Å². The molecule has 0 bridgehead atoms. The summed E-state index contributed by atoms with van der Waals surface area (Å²) in [5, 5.41) is 0. The molecule has 0 N–H and O–H groups in total. The largest absolute Gasteiger partial charge is 0.206 e. The molecule has 1 rings (SSSR count). The summed E-state index contributed by atoms with van der Waals surface area (Å²) in [5.41, 5.74) is 1.71. The molecule has 0 amide bonds. The normalized spacial score (nSPS) is 14.2. The monoisotopic (exact) mass is 320 g/mol. The molecular weight excluding hydrogens is 311 g/mol. The van der Waals surface area contributed by atoms with E-state index in [9.17, 15) is 4.39 Å². The second kappa shape index (κ2) is 5.08. The lowest BCUT2D eigenvalue weighted by Gasteiger charge is -2.04. The van der Waals surface area contributed by atoms with Crippen molar-refractivity contribution in [1.82, 2.24) is 0 Å². The van der Waals surface area contributed by atoms with Crippen molar-refractivity contribution in [3.05, 3.63) is 39.6 Å². The fourth-order valence-corrected chi connectivity index (χ4v) is 1.50. The molecule has 0 heterocycles. The molecule has 0 aliphatic heterocycles. The number of hydrogen-bond donors (Lipinski definition) is 0. The summed E-state index contributed by atoms with van der Waals surface area (Å²) < 4.78 is 14.2. The molecule has 0 fully saturated rings. The van der Waals surface area contributed by atoms with Gasteiger partial charge in [-0.05, 0) is 32.0 Å². The van der Waals surface area contributed by atoms with Gasteiger partial charge in [0.05, 0.1) is 0 Å². The molecule has 0 aliphatic rings. The van der Waals surface area contributed by atoms with Gasteiger partial charge in [-0.15, -0.1) is 0 Å². The first-order valence-electron chi connectivity index (χ1n) is 4.28. The highest BCUT2D eigenvalue weighted by Gasteiger charge is 2.03. The summed E-state index contributed by atoms with van der Waals surface area (Å²) in [6, 6.07) is 4.93. The summed E-state index contributed by atoms with van der Waals surface area (Å²) in [5.74, 6) is -0.194. The highest BCUT2D eigenvalue weighted by Crippen LogP contribution is 2.20. The minimum Gasteiger partial charge on any atom is -0.206 e. The minimum atomic E-state index is -0.194. The van der Waals surface area contributed by atoms with E-state index in [2.05, 4.69) is 31.9 Å². The third-order valence-electron chi connectivity index (χ3n) is 1.97. The van der Waals surface area contributed by atoms with E-state index in [0.29, 0.717) is 5.56 Å². The molecule has 1 atom stereocenters. The molecule has 1 aromatic carbocycles. The predicted molar refractivity (Wildman–Crippen MR) is 66.1 cm³/mol. The zero-order chi connectivity index (χ0) is 10.7. The van der Waals surface area contributed by atoms with E-state index < -0.39 is 0 Å². The number of allylic oxidation sites excluding steroid dienone is 1. The lowest BCUT2D eigenvalue weighted by molar-refractivity contribution is 0.624. The Labute approximate surface area is 100 Å². The fourth-order valence-electron chi connectivity index (χ4n) is 0.985. The van der Waals surface area contributed by atoms with Gasteiger partial charge in [-0.3, -0.25) is 0 Å². The molecule has 0 nitrogen and oxygen atoms in total. The maximum atomic E-state index is 13.3. The summed E-state index contributed by atoms with van der Waals surface area (Å²) in [4.78, 5) is 0.265. The molecule has 0 aromatic heterocycles. The van der Waals surface area contributed by atoms with Gasteiger partial charge in [0, 0.05) is 14.9 Å². The van der Waals surface area contributed by atoms with E-state index in [0.717, 1.165) is 10.0 Å². The van der Waals surface area contributed by atoms with E-state index >= 15 is 0 Å². The Morgan fingerprint density at radius 3 is 2.71 bits per heavy atom. The number of hydrogen-bond acceptors (Lipinski definition) is 0. The van der Waals surface area contributed by atoms with E-state index in [1.54, 1.807) is 12.1 Å². The van der Waals surface area contributed by atoms with Crippen LogP contribution >= 0.6 is 31.9 Å². The average Bonchev–Trinajstić information content (AvgIpc) is 2.11. The van der Waals surface area contributed by atoms with Crippen molar-refractivity contribution in [3.63, 3.8) is 0 Å². The molecule has 0 radical (unpaired) electrons. The molecule has 76 valence electrons. The van der Waals surface area contributed by atoms with Crippen molar-refractivity contribution < 1.29 is 4.39 Å². The summed E-state index contributed by atoms with van der Waals surface area (Å²) in [7, 11) is 0. The molecule has 0 spiro atoms. The molecule has 3 heteroatoms. The lowest BCUT2D eigenvalue weighted by Crippen LogP contribution is -1.92. The van der Waals surface area contributed by atoms with Crippen molar-refractivity contribution in [1.29, 1.82) is 0 Å². The molecule has 0 saturated carbocycles. The van der Waals surface area contributed by atoms with Crippen LogP contribution in [0.25, 0.3) is 6.08 Å². The van der Waals surface area contributed by atoms with Crippen molar-refractivity contribution in [2.75, 3.05) is 0 Å². The number of alkyl halides is 1. The summed E-state index contributed by atoms with van der Waals surface area (Å²) >= 11 is 6.75. The zero-order valence-electron chi connectivity index (χ0n) is 8.02. The van der Waals surface area contributed by atoms with Crippen LogP contribution in [-0.2, 0) is 0 Å². The van der Waals surface area contributed by atoms with Gasteiger partial charge in [-0.1, -0.05) is 43.5 Å². The van der Waals surface area contributed by atoms with E-state index in [4.69, 9.17) is 0 Å². The summed E-state index contributed by atoms with van der Waals surface area (Å²) in [6.45, 7) is 3.99. The first kappa shape index (κ1) is 11.9. The van der Waals surface area contributed by atoms with Crippen molar-refractivity contribution in [2.24, 2.45) is 0 Å². The maximum absolute atomic E-state index is 13.3. The Kier molecular flexibility index (Phi) is 4.32. The van der Waals surface area contributed by atoms with Gasteiger partial charge in [0.25, 0.3) is 0 Å². The van der Waals surface area contributed by atoms with Gasteiger partial charge < -0.3 is 0 Å². The summed E-state index contributed by atoms with van der Waals surface area (Å²) in [6.07, 6.45) is 1.85. The van der Waals surface area contributed by atoms with Crippen LogP contribution in [0.2, 0.25) is 0 Å². The quantitative estimate of drug-likeness (QED) is 0.688. The third kappa shape index (κ3) is 3.21. The van der Waals surface area contributed by atoms with E-state index in [1.165, 1.54) is 6.07 Å². The van der Waals surface area contributed by atoms with Gasteiger partial charge in [-0.2, -0.15) is 0 Å². The first-order chi connectivity index (χ1) is 6.50. The molecule has 1 unspecified atom stereocenters. The van der Waals surface area contributed by atoms with Crippen LogP contribution < -0.4 is 0 Å². The Balaban J connectivity index is 3.07. The standard InChI is InChI=1S/C11H11Br2F/c1-7(8(2)12)5-9-6-10(13)3-4-11(9)14/h3-6,8H,1-2H3/b7-5+. The smallest absolute Gasteiger partial charge is 0.130 e. The Morgan fingerprint density at radius 2 is 2.14 bits per heavy atom. The fraction of sp³-hybridized carbons (Fsp3) is 0.273. The van der Waals surface area contributed by atoms with Crippen molar-refractivity contribution in [2.45, 2.75) is 18.7 Å². The van der Waals surface area contributed by atoms with Crippen LogP contribution in [-0.4, -0.2) is 4.83 Å². The molecule has 1 aromatic rings. The average molecular weight is 322 g/mol. The van der Waals surface area contributed by atoms with Crippen molar-refractivity contribution in [3.8, 4) is 0 Å². The number of halogens is 3. The Bertz CT molecular complexity index is 356. The first-order valence-corrected chi connectivity index (χ1v) is 5.99. The third-order valence-corrected chi connectivity index (χ3v) is 3.18. The van der Waals surface area contributed by atoms with Gasteiger partial charge >= 0.3 is 0 Å². The van der Waals surface area contributed by atoms with E-state index in [1.807, 2.05) is 19.9 Å². The SMILES string of the molecule is C/C(=C\c1cc(Br)ccc1F)C(C)Br. The van der Waals surface area contributed by atoms with Crippen LogP contribution in [0.1, 0.15) is 19.4 Å². The number of rotatable bonds is 2. The van der Waals surface area contributed by atoms with Gasteiger partial charge in [0.15, 0.2) is 0 Å². The Morgan fingerprint density at radius 1 is 1.50 bits per heavy atom. The molecule has 0 aliphatic carbocycles. The second-order valence-electron chi connectivity index (χ2n) is 3.17. The Hall–Kier alpha value is -0.150. The highest BCUT2D eigenvalue weighted by molar-refractivity contribution is 9.10. The number of benzene rings is 1. The van der Waals surface area contributed by atoms with Crippen LogP contribution in [0.5, 0.6) is 0 Å². The highest BCUT2D eigenvalue weighted by atomic mass is 79.9. The molecular formula is C11H11Br2F. The predicted octanol–water partition coefficient (Wildman–Crippen LogP) is 4.77. The van der Waals surface area contributed by atoms with Crippen LogP contribution in [0.15, 0.2) is 28.2 Å². The van der Waals surface area contributed by atoms with E-state index in [-0.39, 0.29) is 10.6 Å². The second-order valence-corrected chi connectivity index (χ2v) is 5.46. The van der Waals surface area contributed by atoms with Gasteiger partial charge in [0.1, 0.15) is 5.82 Å². The maximum Gasteiger partial charge on any atom is 0.130 e. The van der Waals surface area contributed by atoms with Crippen LogP contribution in [0.4, 0.5) is 4.39 Å². The van der Waals surface area contributed by atoms with Crippen LogP contribution in [0.3, 0.4) is 0 Å². The minimum absolute atomic E-state index is 0.194. The van der Waals surface area contributed by atoms with Gasteiger partial charge in [0.2, 0.25) is 0 Å². The van der Waals surface area contributed by atoms with Crippen LogP contribution in [0, 0.1) is 5.82 Å². The molecule has 14 heavy (non-hydrogen) atoms. The zero-order valence-corrected chi connectivity index (χ0v) is 11.2. The van der Waals surface area contributed by atoms with Crippen molar-refractivity contribution >= 4 is 37.9 Å². The molecule has 0 saturated heterocycles. The lowest BCUT2D eigenvalue weighted by atomic mass is 10.1. The topological polar surface area (TPSA) is 0 Å².